The van der Waals surface area contributed by atoms with Crippen LogP contribution in [0.4, 0.5) is 10.1 Å². The monoisotopic (exact) mass is 369 g/mol. The van der Waals surface area contributed by atoms with E-state index in [4.69, 9.17) is 0 Å². The normalized spacial score (nSPS) is 26.0. The maximum Gasteiger partial charge on any atom is 0.125 e. The summed E-state index contributed by atoms with van der Waals surface area (Å²) < 4.78 is 13.8. The van der Waals surface area contributed by atoms with Gasteiger partial charge in [-0.15, -0.1) is 23.5 Å². The van der Waals surface area contributed by atoms with Crippen LogP contribution in [0.1, 0.15) is 25.0 Å². The fraction of sp³-hybridized carbons (Fsp3) is 0.333. The number of hydrogen-bond acceptors (Lipinski definition) is 3. The van der Waals surface area contributed by atoms with Crippen molar-refractivity contribution in [1.29, 1.82) is 0 Å². The minimum absolute atomic E-state index is 0.0338. The molecule has 0 saturated heterocycles. The quantitative estimate of drug-likeness (QED) is 0.632. The smallest absolute Gasteiger partial charge is 0.125 e. The Hall–Kier alpha value is -1.39. The molecule has 0 fully saturated rings. The summed E-state index contributed by atoms with van der Waals surface area (Å²) in [4.78, 5) is 2.83. The second kappa shape index (κ2) is 5.55. The maximum atomic E-state index is 13.8. The lowest BCUT2D eigenvalue weighted by molar-refractivity contribution is 0.314. The fourth-order valence-electron chi connectivity index (χ4n) is 4.47. The van der Waals surface area contributed by atoms with Gasteiger partial charge in [0.1, 0.15) is 5.82 Å². The number of hydrogen-bond donors (Lipinski definition) is 1. The first kappa shape index (κ1) is 15.8. The van der Waals surface area contributed by atoms with Crippen LogP contribution in [-0.2, 0) is 5.41 Å². The van der Waals surface area contributed by atoms with E-state index >= 15 is 0 Å². The molecule has 128 valence electrons. The van der Waals surface area contributed by atoms with Crippen molar-refractivity contribution in [3.63, 3.8) is 0 Å². The predicted octanol–water partition coefficient (Wildman–Crippen LogP) is 5.78. The zero-order valence-electron chi connectivity index (χ0n) is 14.3. The SMILES string of the molecule is CC1(C)c2ccc(F)cc2NC2C3=C(SCC21)c1ccccc1SC3. The molecule has 25 heavy (non-hydrogen) atoms. The zero-order chi connectivity index (χ0) is 17.2. The molecule has 4 heteroatoms. The van der Waals surface area contributed by atoms with Gasteiger partial charge in [0.25, 0.3) is 0 Å². The van der Waals surface area contributed by atoms with Crippen molar-refractivity contribution in [3.05, 3.63) is 65.0 Å². The lowest BCUT2D eigenvalue weighted by atomic mass is 9.66. The van der Waals surface area contributed by atoms with Crippen molar-refractivity contribution in [3.8, 4) is 0 Å². The number of rotatable bonds is 0. The van der Waals surface area contributed by atoms with Gasteiger partial charge in [0.05, 0.1) is 6.04 Å². The molecule has 0 aliphatic carbocycles. The van der Waals surface area contributed by atoms with Gasteiger partial charge in [-0.3, -0.25) is 0 Å². The molecule has 0 saturated carbocycles. The number of thioether (sulfide) groups is 2. The van der Waals surface area contributed by atoms with Gasteiger partial charge < -0.3 is 5.32 Å². The van der Waals surface area contributed by atoms with Crippen LogP contribution < -0.4 is 5.32 Å². The Morgan fingerprint density at radius 2 is 1.96 bits per heavy atom. The summed E-state index contributed by atoms with van der Waals surface area (Å²) >= 11 is 3.94. The average molecular weight is 370 g/mol. The molecule has 3 aliphatic rings. The van der Waals surface area contributed by atoms with Gasteiger partial charge in [0.2, 0.25) is 0 Å². The summed E-state index contributed by atoms with van der Waals surface area (Å²) in [5.74, 6) is 2.47. The number of anilines is 1. The van der Waals surface area contributed by atoms with Crippen molar-refractivity contribution in [2.75, 3.05) is 16.8 Å². The highest BCUT2D eigenvalue weighted by atomic mass is 32.2. The van der Waals surface area contributed by atoms with Gasteiger partial charge in [-0.2, -0.15) is 0 Å². The molecule has 5 rings (SSSR count). The lowest BCUT2D eigenvalue weighted by Crippen LogP contribution is -2.50. The molecule has 2 atom stereocenters. The van der Waals surface area contributed by atoms with Crippen LogP contribution >= 0.6 is 23.5 Å². The Kier molecular flexibility index (Phi) is 3.52. The first-order valence-corrected chi connectivity index (χ1v) is 10.7. The molecule has 3 heterocycles. The topological polar surface area (TPSA) is 12.0 Å². The van der Waals surface area contributed by atoms with E-state index in [1.807, 2.05) is 29.6 Å². The third kappa shape index (κ3) is 2.30. The highest BCUT2D eigenvalue weighted by Crippen LogP contribution is 2.55. The average Bonchev–Trinajstić information content (AvgIpc) is 2.61. The van der Waals surface area contributed by atoms with E-state index in [0.29, 0.717) is 12.0 Å². The molecule has 3 aliphatic heterocycles. The van der Waals surface area contributed by atoms with Gasteiger partial charge in [-0.25, -0.2) is 4.39 Å². The molecule has 0 radical (unpaired) electrons. The van der Waals surface area contributed by atoms with E-state index in [0.717, 1.165) is 17.2 Å². The molecule has 1 N–H and O–H groups in total. The highest BCUT2D eigenvalue weighted by Gasteiger charge is 2.47. The van der Waals surface area contributed by atoms with Crippen molar-refractivity contribution in [2.45, 2.75) is 30.2 Å². The van der Waals surface area contributed by atoms with Crippen molar-refractivity contribution in [2.24, 2.45) is 5.92 Å². The maximum absolute atomic E-state index is 13.8. The number of benzene rings is 2. The van der Waals surface area contributed by atoms with Gasteiger partial charge in [0, 0.05) is 38.5 Å². The Balaban J connectivity index is 1.65. The molecule has 2 aromatic carbocycles. The Labute approximate surface area is 156 Å². The van der Waals surface area contributed by atoms with Gasteiger partial charge >= 0.3 is 0 Å². The van der Waals surface area contributed by atoms with Crippen LogP contribution in [0.25, 0.3) is 4.91 Å². The fourth-order valence-corrected chi connectivity index (χ4v) is 7.43. The van der Waals surface area contributed by atoms with Crippen LogP contribution in [0, 0.1) is 11.7 Å². The van der Waals surface area contributed by atoms with Crippen LogP contribution in [0.5, 0.6) is 0 Å². The largest absolute Gasteiger partial charge is 0.378 e. The van der Waals surface area contributed by atoms with E-state index < -0.39 is 0 Å². The first-order chi connectivity index (χ1) is 12.1. The van der Waals surface area contributed by atoms with E-state index in [1.165, 1.54) is 26.5 Å². The first-order valence-electron chi connectivity index (χ1n) is 8.70. The number of nitrogens with one attached hydrogen (secondary N) is 1. The lowest BCUT2D eigenvalue weighted by Gasteiger charge is -2.50. The van der Waals surface area contributed by atoms with E-state index in [2.05, 4.69) is 43.4 Å². The van der Waals surface area contributed by atoms with Crippen LogP contribution in [0.2, 0.25) is 0 Å². The van der Waals surface area contributed by atoms with Crippen LogP contribution in [-0.4, -0.2) is 17.5 Å². The number of halogens is 1. The molecule has 0 amide bonds. The number of fused-ring (bicyclic) bond motifs is 5. The molecule has 2 aromatic rings. The molecule has 0 spiro atoms. The Bertz CT molecular complexity index is 903. The van der Waals surface area contributed by atoms with Gasteiger partial charge in [0.15, 0.2) is 0 Å². The third-order valence-corrected chi connectivity index (χ3v) is 8.32. The molecule has 0 bridgehead atoms. The highest BCUT2D eigenvalue weighted by molar-refractivity contribution is 8.08. The summed E-state index contributed by atoms with van der Waals surface area (Å²) in [5, 5.41) is 3.70. The van der Waals surface area contributed by atoms with Crippen LogP contribution in [0.15, 0.2) is 52.9 Å². The van der Waals surface area contributed by atoms with Gasteiger partial charge in [-0.1, -0.05) is 38.1 Å². The minimum atomic E-state index is -0.164. The Morgan fingerprint density at radius 3 is 2.84 bits per heavy atom. The van der Waals surface area contributed by atoms with Crippen molar-refractivity contribution >= 4 is 34.1 Å². The second-order valence-electron chi connectivity index (χ2n) is 7.59. The third-order valence-electron chi connectivity index (χ3n) is 5.91. The van der Waals surface area contributed by atoms with E-state index in [9.17, 15) is 4.39 Å². The minimum Gasteiger partial charge on any atom is -0.378 e. The second-order valence-corrected chi connectivity index (χ2v) is 9.64. The van der Waals surface area contributed by atoms with Gasteiger partial charge in [-0.05, 0) is 34.8 Å². The Morgan fingerprint density at radius 1 is 1.12 bits per heavy atom. The van der Waals surface area contributed by atoms with E-state index in [-0.39, 0.29) is 11.2 Å². The zero-order valence-corrected chi connectivity index (χ0v) is 15.9. The van der Waals surface area contributed by atoms with Crippen LogP contribution in [0.3, 0.4) is 0 Å². The predicted molar refractivity (Wildman–Crippen MR) is 107 cm³/mol. The standard InChI is InChI=1S/C21H20FNS2/c1-21(2)15-8-7-12(22)9-17(15)23-19-14-10-24-18-6-4-3-5-13(18)20(14)25-11-16(19)21/h3-9,16,19,23H,10-11H2,1-2H3. The van der Waals surface area contributed by atoms with Crippen molar-refractivity contribution < 1.29 is 4.39 Å². The van der Waals surface area contributed by atoms with E-state index in [1.54, 1.807) is 12.1 Å². The molecule has 1 nitrogen and oxygen atoms in total. The summed E-state index contributed by atoms with van der Waals surface area (Å²) in [6, 6.07) is 14.2. The summed E-state index contributed by atoms with van der Waals surface area (Å²) in [6.07, 6.45) is 0. The van der Waals surface area contributed by atoms with Crippen molar-refractivity contribution in [1.82, 2.24) is 0 Å². The summed E-state index contributed by atoms with van der Waals surface area (Å²) in [7, 11) is 0. The molecule has 2 unspecified atom stereocenters. The summed E-state index contributed by atoms with van der Waals surface area (Å²) in [6.45, 7) is 4.64. The summed E-state index contributed by atoms with van der Waals surface area (Å²) in [5.41, 5.74) is 5.11. The molecular weight excluding hydrogens is 349 g/mol. The molecule has 0 aromatic heterocycles. The molecular formula is C21H20FNS2.